The number of hydrogen-bond acceptors (Lipinski definition) is 11. The largest absolute Gasteiger partial charge is 0.472 e. The summed E-state index contributed by atoms with van der Waals surface area (Å²) in [5, 5.41) is 31.3. The van der Waals surface area contributed by atoms with Gasteiger partial charge in [0.1, 0.15) is 6.61 Å². The highest BCUT2D eigenvalue weighted by Gasteiger charge is 2.39. The summed E-state index contributed by atoms with van der Waals surface area (Å²) in [4.78, 5) is 35.0. The van der Waals surface area contributed by atoms with Crippen LogP contribution in [0.3, 0.4) is 0 Å². The van der Waals surface area contributed by atoms with Gasteiger partial charge in [0.05, 0.1) is 31.5 Å². The summed E-state index contributed by atoms with van der Waals surface area (Å²) in [5.74, 6) is -1.33. The van der Waals surface area contributed by atoms with Gasteiger partial charge in [0.25, 0.3) is 0 Å². The van der Waals surface area contributed by atoms with E-state index in [2.05, 4.69) is 62.5 Å². The van der Waals surface area contributed by atoms with Gasteiger partial charge < -0.3 is 35.4 Å². The maximum Gasteiger partial charge on any atom is 0.472 e. The van der Waals surface area contributed by atoms with Gasteiger partial charge in [-0.1, -0.05) is 113 Å². The number of carbonyl (C=O) groups excluding carboxylic acids is 2. The summed E-state index contributed by atoms with van der Waals surface area (Å²) in [6.07, 6.45) is 31.8. The summed E-state index contributed by atoms with van der Waals surface area (Å²) in [6.45, 7) is 3.20. The lowest BCUT2D eigenvalue weighted by Gasteiger charge is -2.21. The molecule has 7 atom stereocenters. The highest BCUT2D eigenvalue weighted by atomic mass is 31.2. The molecule has 1 aliphatic rings. The molecule has 0 aromatic rings. The number of nitrogens with two attached hydrogens (primary N) is 1. The molecule has 0 saturated heterocycles. The van der Waals surface area contributed by atoms with E-state index in [0.29, 0.717) is 32.1 Å². The minimum Gasteiger partial charge on any atom is -0.462 e. The molecule has 0 amide bonds. The van der Waals surface area contributed by atoms with Crippen LogP contribution in [0.15, 0.2) is 60.8 Å². The number of unbranched alkanes of at least 4 members (excludes halogenated alkanes) is 7. The molecule has 1 saturated carbocycles. The van der Waals surface area contributed by atoms with Gasteiger partial charge in [-0.05, 0) is 70.1 Å². The van der Waals surface area contributed by atoms with E-state index in [4.69, 9.17) is 24.3 Å². The van der Waals surface area contributed by atoms with Crippen molar-refractivity contribution in [3.63, 3.8) is 0 Å². The fourth-order valence-corrected chi connectivity index (χ4v) is 7.13. The van der Waals surface area contributed by atoms with Crippen molar-refractivity contribution in [3.8, 4) is 0 Å². The molecular weight excluding hydrogens is 737 g/mol. The quantitative estimate of drug-likeness (QED) is 0.0182. The molecular formula is C43H74NO11P. The van der Waals surface area contributed by atoms with Crippen molar-refractivity contribution in [1.29, 1.82) is 0 Å². The van der Waals surface area contributed by atoms with E-state index in [0.717, 1.165) is 77.0 Å². The lowest BCUT2D eigenvalue weighted by atomic mass is 9.88. The second-order valence-electron chi connectivity index (χ2n) is 14.4. The van der Waals surface area contributed by atoms with Crippen LogP contribution in [0.1, 0.15) is 136 Å². The highest BCUT2D eigenvalue weighted by Crippen LogP contribution is 2.43. The summed E-state index contributed by atoms with van der Waals surface area (Å²) in [5.41, 5.74) is 5.34. The lowest BCUT2D eigenvalue weighted by molar-refractivity contribution is -0.161. The smallest absolute Gasteiger partial charge is 0.462 e. The predicted molar refractivity (Wildman–Crippen MR) is 221 cm³/mol. The molecule has 0 heterocycles. The first-order valence-corrected chi connectivity index (χ1v) is 22.5. The van der Waals surface area contributed by atoms with Crippen molar-refractivity contribution in [3.05, 3.63) is 60.8 Å². The number of aliphatic hydroxyl groups excluding tert-OH is 3. The number of aliphatic hydroxyl groups is 3. The van der Waals surface area contributed by atoms with Crippen LogP contribution in [0.4, 0.5) is 0 Å². The predicted octanol–water partition coefficient (Wildman–Crippen LogP) is 8.10. The average Bonchev–Trinajstić information content (AvgIpc) is 3.44. The molecule has 0 aromatic heterocycles. The third-order valence-corrected chi connectivity index (χ3v) is 10.5. The van der Waals surface area contributed by atoms with Crippen molar-refractivity contribution in [2.24, 2.45) is 17.6 Å². The van der Waals surface area contributed by atoms with Crippen LogP contribution in [0.2, 0.25) is 0 Å². The first-order chi connectivity index (χ1) is 27.0. The number of rotatable bonds is 34. The topological polar surface area (TPSA) is 195 Å². The van der Waals surface area contributed by atoms with Gasteiger partial charge in [0.15, 0.2) is 6.10 Å². The van der Waals surface area contributed by atoms with Crippen LogP contribution in [-0.4, -0.2) is 82.9 Å². The van der Waals surface area contributed by atoms with Crippen LogP contribution >= 0.6 is 7.82 Å². The van der Waals surface area contributed by atoms with Gasteiger partial charge in [-0.2, -0.15) is 0 Å². The van der Waals surface area contributed by atoms with E-state index in [-0.39, 0.29) is 44.4 Å². The minimum atomic E-state index is -4.45. The minimum absolute atomic E-state index is 0.0103. The van der Waals surface area contributed by atoms with Crippen molar-refractivity contribution in [2.45, 2.75) is 160 Å². The number of phosphoric ester groups is 1. The molecule has 0 bridgehead atoms. The Kier molecular flexibility index (Phi) is 30.9. The molecule has 13 heteroatoms. The maximum absolute atomic E-state index is 12.7. The molecule has 0 spiro atoms. The van der Waals surface area contributed by atoms with Crippen LogP contribution < -0.4 is 5.73 Å². The zero-order valence-corrected chi connectivity index (χ0v) is 35.1. The molecule has 0 aliphatic heterocycles. The Hall–Kier alpha value is -2.41. The first kappa shape index (κ1) is 51.6. The number of esters is 2. The average molecular weight is 812 g/mol. The number of ether oxygens (including phenoxy) is 2. The second kappa shape index (κ2) is 33.6. The standard InChI is InChI=1S/C43H74NO11P/c1-3-5-7-8-9-10-11-12-13-14-15-16-17-18-23-27-42(48)52-34-37(35-54-56(50,51)53-32-31-44)55-43(49)28-24-20-19-22-26-38-39(41(47)33-40(38)46)30-29-36(45)25-21-6-4-2/h5,7,9-10,12-13,15-16,29-30,36-41,45-47H,3-4,6,8,11,14,17-28,31-35,44H2,1-2H3,(H,50,51)/b7-5-,10-9-,13-12-,16-15-,30-29+/t36-,37+,38+,39+,40-,41+/m0/s1. The van der Waals surface area contributed by atoms with E-state index >= 15 is 0 Å². The van der Waals surface area contributed by atoms with Gasteiger partial charge in [-0.25, -0.2) is 4.57 Å². The lowest BCUT2D eigenvalue weighted by Crippen LogP contribution is -2.29. The van der Waals surface area contributed by atoms with E-state index in [9.17, 15) is 34.4 Å². The van der Waals surface area contributed by atoms with Gasteiger partial charge in [0, 0.05) is 31.7 Å². The second-order valence-corrected chi connectivity index (χ2v) is 15.9. The Bertz CT molecular complexity index is 1220. The van der Waals surface area contributed by atoms with E-state index < -0.39 is 50.8 Å². The molecule has 1 fully saturated rings. The Balaban J connectivity index is 2.44. The zero-order valence-electron chi connectivity index (χ0n) is 34.2. The SMILES string of the molecule is CC/C=C\C/C=C\C/C=C\C/C=C\CCCCC(=O)OC[C@H](COP(=O)(O)OCCN)OC(=O)CCCCCC[C@@H]1[C@@H](/C=C/[C@@H](O)CCCCC)[C@H](O)C[C@@H]1O. The molecule has 0 radical (unpaired) electrons. The van der Waals surface area contributed by atoms with E-state index in [1.807, 2.05) is 6.08 Å². The number of carbonyl (C=O) groups is 2. The van der Waals surface area contributed by atoms with Crippen molar-refractivity contribution in [2.75, 3.05) is 26.4 Å². The van der Waals surface area contributed by atoms with Gasteiger partial charge in [-0.3, -0.25) is 18.6 Å². The van der Waals surface area contributed by atoms with Gasteiger partial charge >= 0.3 is 19.8 Å². The van der Waals surface area contributed by atoms with Crippen molar-refractivity contribution >= 4 is 19.8 Å². The molecule has 322 valence electrons. The van der Waals surface area contributed by atoms with Crippen LogP contribution in [0.5, 0.6) is 0 Å². The molecule has 12 nitrogen and oxygen atoms in total. The van der Waals surface area contributed by atoms with E-state index in [1.165, 1.54) is 0 Å². The van der Waals surface area contributed by atoms with Crippen molar-refractivity contribution in [1.82, 2.24) is 0 Å². The Labute approximate surface area is 336 Å². The molecule has 0 aromatic carbocycles. The maximum atomic E-state index is 12.7. The molecule has 1 rings (SSSR count). The fraction of sp³-hybridized carbons (Fsp3) is 0.721. The summed E-state index contributed by atoms with van der Waals surface area (Å²) in [6, 6.07) is 0. The third-order valence-electron chi connectivity index (χ3n) is 9.49. The normalized spacial score (nSPS) is 21.2. The number of allylic oxidation sites excluding steroid dienone is 8. The fourth-order valence-electron chi connectivity index (χ4n) is 6.37. The summed E-state index contributed by atoms with van der Waals surface area (Å²) < 4.78 is 32.7. The Morgan fingerprint density at radius 2 is 1.43 bits per heavy atom. The molecule has 1 aliphatic carbocycles. The Morgan fingerprint density at radius 1 is 0.786 bits per heavy atom. The molecule has 56 heavy (non-hydrogen) atoms. The van der Waals surface area contributed by atoms with Crippen LogP contribution in [0, 0.1) is 11.8 Å². The molecule has 1 unspecified atom stereocenters. The number of phosphoric acid groups is 1. The van der Waals surface area contributed by atoms with E-state index in [1.54, 1.807) is 6.08 Å². The summed E-state index contributed by atoms with van der Waals surface area (Å²) >= 11 is 0. The molecule has 6 N–H and O–H groups in total. The summed E-state index contributed by atoms with van der Waals surface area (Å²) in [7, 11) is -4.45. The highest BCUT2D eigenvalue weighted by molar-refractivity contribution is 7.47. The Morgan fingerprint density at radius 3 is 2.11 bits per heavy atom. The number of hydrogen-bond donors (Lipinski definition) is 5. The van der Waals surface area contributed by atoms with Gasteiger partial charge in [0.2, 0.25) is 0 Å². The third kappa shape index (κ3) is 27.3. The van der Waals surface area contributed by atoms with Crippen LogP contribution in [0.25, 0.3) is 0 Å². The zero-order chi connectivity index (χ0) is 41.3. The van der Waals surface area contributed by atoms with Gasteiger partial charge in [-0.15, -0.1) is 0 Å². The van der Waals surface area contributed by atoms with Crippen LogP contribution in [-0.2, 0) is 32.7 Å². The first-order valence-electron chi connectivity index (χ1n) is 21.0. The van der Waals surface area contributed by atoms with Crippen molar-refractivity contribution < 1.29 is 52.9 Å². The monoisotopic (exact) mass is 811 g/mol.